The molecule has 1 unspecified atom stereocenters. The van der Waals surface area contributed by atoms with Gasteiger partial charge in [0.1, 0.15) is 0 Å². The normalized spacial score (nSPS) is 21.9. The maximum atomic E-state index is 5.74. The summed E-state index contributed by atoms with van der Waals surface area (Å²) in [5.74, 6) is 1.61. The second-order valence-electron chi connectivity index (χ2n) is 4.80. The molecule has 2 heterocycles. The van der Waals surface area contributed by atoms with Gasteiger partial charge in [-0.1, -0.05) is 6.92 Å². The van der Waals surface area contributed by atoms with E-state index in [9.17, 15) is 0 Å². The lowest BCUT2D eigenvalue weighted by atomic mass is 9.98. The molecular weight excluding hydrogens is 216 g/mol. The monoisotopic (exact) mass is 238 g/mol. The second kappa shape index (κ2) is 6.07. The predicted octanol–water partition coefficient (Wildman–Crippen LogP) is 0.254. The van der Waals surface area contributed by atoms with Gasteiger partial charge in [-0.15, -0.1) is 5.10 Å². The first kappa shape index (κ1) is 12.4. The van der Waals surface area contributed by atoms with Crippen LogP contribution in [0.1, 0.15) is 32.0 Å². The third kappa shape index (κ3) is 3.23. The summed E-state index contributed by atoms with van der Waals surface area (Å²) in [6.45, 7) is 6.89. The van der Waals surface area contributed by atoms with Crippen LogP contribution >= 0.6 is 0 Å². The molecule has 0 spiro atoms. The van der Waals surface area contributed by atoms with Crippen molar-refractivity contribution >= 4 is 0 Å². The maximum Gasteiger partial charge on any atom is 0.165 e. The van der Waals surface area contributed by atoms with Crippen molar-refractivity contribution in [3.8, 4) is 0 Å². The Morgan fingerprint density at radius 3 is 3.12 bits per heavy atom. The van der Waals surface area contributed by atoms with Crippen molar-refractivity contribution < 1.29 is 0 Å². The van der Waals surface area contributed by atoms with Crippen LogP contribution < -0.4 is 5.73 Å². The van der Waals surface area contributed by atoms with Gasteiger partial charge in [-0.05, 0) is 48.7 Å². The summed E-state index contributed by atoms with van der Waals surface area (Å²) in [6, 6.07) is 0. The summed E-state index contributed by atoms with van der Waals surface area (Å²) in [5, 5.41) is 11.9. The number of rotatable bonds is 5. The third-order valence-electron chi connectivity index (χ3n) is 3.34. The number of likely N-dealkylation sites (tertiary alicyclic amines) is 1. The van der Waals surface area contributed by atoms with Crippen molar-refractivity contribution in [2.45, 2.75) is 39.3 Å². The number of hydrogen-bond donors (Lipinski definition) is 1. The average Bonchev–Trinajstić information content (AvgIpc) is 2.78. The minimum absolute atomic E-state index is 0.638. The van der Waals surface area contributed by atoms with Crippen LogP contribution in [-0.4, -0.2) is 44.7 Å². The summed E-state index contributed by atoms with van der Waals surface area (Å²) >= 11 is 0. The van der Waals surface area contributed by atoms with E-state index in [2.05, 4.69) is 27.3 Å². The van der Waals surface area contributed by atoms with Gasteiger partial charge in [0.25, 0.3) is 0 Å². The molecule has 17 heavy (non-hydrogen) atoms. The molecule has 1 saturated heterocycles. The molecule has 2 rings (SSSR count). The van der Waals surface area contributed by atoms with Crippen molar-refractivity contribution in [3.63, 3.8) is 0 Å². The Bertz CT molecular complexity index is 336. The topological polar surface area (TPSA) is 72.9 Å². The van der Waals surface area contributed by atoms with Crippen molar-refractivity contribution in [1.29, 1.82) is 0 Å². The first-order chi connectivity index (χ1) is 8.33. The highest BCUT2D eigenvalue weighted by atomic mass is 15.5. The fourth-order valence-electron chi connectivity index (χ4n) is 2.41. The minimum Gasteiger partial charge on any atom is -0.330 e. The SMILES string of the molecule is CCCn1nnnc1CN1CCCC(CN)C1. The number of hydrogen-bond acceptors (Lipinski definition) is 5. The molecule has 1 aromatic rings. The number of tetrazole rings is 1. The lowest BCUT2D eigenvalue weighted by Crippen LogP contribution is -2.38. The number of nitrogens with zero attached hydrogens (tertiary/aromatic N) is 5. The molecule has 6 heteroatoms. The molecule has 96 valence electrons. The molecule has 6 nitrogen and oxygen atoms in total. The van der Waals surface area contributed by atoms with Crippen LogP contribution in [0.4, 0.5) is 0 Å². The highest BCUT2D eigenvalue weighted by Gasteiger charge is 2.20. The smallest absolute Gasteiger partial charge is 0.165 e. The highest BCUT2D eigenvalue weighted by molar-refractivity contribution is 4.83. The first-order valence-corrected chi connectivity index (χ1v) is 6.51. The molecule has 0 aliphatic carbocycles. The predicted molar refractivity (Wildman–Crippen MR) is 65.2 cm³/mol. The van der Waals surface area contributed by atoms with Gasteiger partial charge in [-0.3, -0.25) is 4.90 Å². The average molecular weight is 238 g/mol. The van der Waals surface area contributed by atoms with E-state index in [1.54, 1.807) is 0 Å². The second-order valence-corrected chi connectivity index (χ2v) is 4.80. The van der Waals surface area contributed by atoms with Crippen LogP contribution in [0, 0.1) is 5.92 Å². The van der Waals surface area contributed by atoms with Gasteiger partial charge < -0.3 is 5.73 Å². The van der Waals surface area contributed by atoms with Crippen molar-refractivity contribution in [2.24, 2.45) is 11.7 Å². The largest absolute Gasteiger partial charge is 0.330 e. The number of aromatic nitrogens is 4. The van der Waals surface area contributed by atoms with Crippen LogP contribution in [0.5, 0.6) is 0 Å². The summed E-state index contributed by atoms with van der Waals surface area (Å²) in [7, 11) is 0. The molecule has 0 saturated carbocycles. The molecule has 0 amide bonds. The number of nitrogens with two attached hydrogens (primary N) is 1. The summed E-state index contributed by atoms with van der Waals surface area (Å²) < 4.78 is 1.91. The van der Waals surface area contributed by atoms with Gasteiger partial charge in [0.15, 0.2) is 5.82 Å². The zero-order valence-corrected chi connectivity index (χ0v) is 10.5. The molecule has 0 aromatic carbocycles. The first-order valence-electron chi connectivity index (χ1n) is 6.51. The summed E-state index contributed by atoms with van der Waals surface area (Å²) in [4.78, 5) is 2.42. The van der Waals surface area contributed by atoms with Gasteiger partial charge in [0.05, 0.1) is 6.54 Å². The Morgan fingerprint density at radius 2 is 2.35 bits per heavy atom. The van der Waals surface area contributed by atoms with E-state index >= 15 is 0 Å². The minimum atomic E-state index is 0.638. The highest BCUT2D eigenvalue weighted by Crippen LogP contribution is 2.16. The standard InChI is InChI=1S/C11H22N6/c1-2-5-17-11(13-14-15-17)9-16-6-3-4-10(7-12)8-16/h10H,2-9,12H2,1H3. The van der Waals surface area contributed by atoms with E-state index in [4.69, 9.17) is 5.73 Å². The van der Waals surface area contributed by atoms with Crippen LogP contribution in [0.15, 0.2) is 0 Å². The zero-order chi connectivity index (χ0) is 12.1. The lowest BCUT2D eigenvalue weighted by molar-refractivity contribution is 0.165. The van der Waals surface area contributed by atoms with Crippen molar-refractivity contribution in [1.82, 2.24) is 25.1 Å². The van der Waals surface area contributed by atoms with Gasteiger partial charge in [0.2, 0.25) is 0 Å². The van der Waals surface area contributed by atoms with Crippen LogP contribution in [-0.2, 0) is 13.1 Å². The quantitative estimate of drug-likeness (QED) is 0.796. The molecule has 1 aliphatic rings. The van der Waals surface area contributed by atoms with Crippen LogP contribution in [0.25, 0.3) is 0 Å². The maximum absolute atomic E-state index is 5.74. The summed E-state index contributed by atoms with van der Waals surface area (Å²) in [5.41, 5.74) is 5.74. The van der Waals surface area contributed by atoms with Gasteiger partial charge in [0, 0.05) is 13.1 Å². The van der Waals surface area contributed by atoms with Gasteiger partial charge >= 0.3 is 0 Å². The van der Waals surface area contributed by atoms with Crippen LogP contribution in [0.3, 0.4) is 0 Å². The third-order valence-corrected chi connectivity index (χ3v) is 3.34. The van der Waals surface area contributed by atoms with Gasteiger partial charge in [-0.25, -0.2) is 4.68 Å². The van der Waals surface area contributed by atoms with E-state index in [1.165, 1.54) is 12.8 Å². The van der Waals surface area contributed by atoms with Crippen molar-refractivity contribution in [3.05, 3.63) is 5.82 Å². The van der Waals surface area contributed by atoms with E-state index in [1.807, 2.05) is 4.68 Å². The van der Waals surface area contributed by atoms with E-state index < -0.39 is 0 Å². The summed E-state index contributed by atoms with van der Waals surface area (Å²) in [6.07, 6.45) is 3.55. The Morgan fingerprint density at radius 1 is 1.47 bits per heavy atom. The molecule has 2 N–H and O–H groups in total. The van der Waals surface area contributed by atoms with Gasteiger partial charge in [-0.2, -0.15) is 0 Å². The number of piperidine rings is 1. The van der Waals surface area contributed by atoms with E-state index in [0.717, 1.165) is 45.0 Å². The molecular formula is C11H22N6. The molecule has 0 bridgehead atoms. The molecule has 1 aromatic heterocycles. The fourth-order valence-corrected chi connectivity index (χ4v) is 2.41. The Hall–Kier alpha value is -1.01. The van der Waals surface area contributed by atoms with Crippen LogP contribution in [0.2, 0.25) is 0 Å². The van der Waals surface area contributed by atoms with E-state index in [-0.39, 0.29) is 0 Å². The number of aryl methyl sites for hydroxylation is 1. The Balaban J connectivity index is 1.93. The Kier molecular flexibility index (Phi) is 4.44. The van der Waals surface area contributed by atoms with E-state index in [0.29, 0.717) is 5.92 Å². The lowest BCUT2D eigenvalue weighted by Gasteiger charge is -2.31. The molecule has 1 fully saturated rings. The van der Waals surface area contributed by atoms with Crippen molar-refractivity contribution in [2.75, 3.05) is 19.6 Å². The fraction of sp³-hybridized carbons (Fsp3) is 0.909. The molecule has 1 atom stereocenters. The molecule has 1 aliphatic heterocycles. The Labute approximate surface area is 102 Å². The zero-order valence-electron chi connectivity index (χ0n) is 10.5. The molecule has 0 radical (unpaired) electrons.